The van der Waals surface area contributed by atoms with Gasteiger partial charge in [0.2, 0.25) is 5.78 Å². The molecule has 0 fully saturated rings. The first-order chi connectivity index (χ1) is 13.9. The standard InChI is InChI=1S/C20H10Br2F2N4O/c21-12-3-16-8(1-14(12)23)10(5-25-16)18-7-27-20(28-18)19(29)11-6-26-17-4-13(22)15(24)2-9(11)17/h1-7,25-26H,(H,27,28). The van der Waals surface area contributed by atoms with Crippen LogP contribution in [-0.2, 0) is 0 Å². The van der Waals surface area contributed by atoms with Crippen molar-refractivity contribution in [3.05, 3.63) is 74.8 Å². The normalized spacial score (nSPS) is 11.6. The highest BCUT2D eigenvalue weighted by atomic mass is 79.9. The fraction of sp³-hybridized carbons (Fsp3) is 0. The maximum absolute atomic E-state index is 14.0. The maximum Gasteiger partial charge on any atom is 0.230 e. The SMILES string of the molecule is O=C(c1nc(-c2c[nH]c3cc(Br)c(F)cc23)c[nH]1)c1c[nH]c2cc(Br)c(F)cc12. The third-order valence-corrected chi connectivity index (χ3v) is 5.97. The number of nitrogens with one attached hydrogen (secondary N) is 3. The van der Waals surface area contributed by atoms with Crippen LogP contribution in [0.4, 0.5) is 8.78 Å². The molecule has 0 aliphatic rings. The Morgan fingerprint density at radius 3 is 2.17 bits per heavy atom. The van der Waals surface area contributed by atoms with Crippen molar-refractivity contribution >= 4 is 59.4 Å². The Morgan fingerprint density at radius 1 is 0.828 bits per heavy atom. The minimum atomic E-state index is -0.460. The number of hydrogen-bond acceptors (Lipinski definition) is 2. The van der Waals surface area contributed by atoms with E-state index in [-0.39, 0.29) is 11.6 Å². The zero-order chi connectivity index (χ0) is 20.3. The van der Waals surface area contributed by atoms with Gasteiger partial charge in [-0.3, -0.25) is 4.79 Å². The van der Waals surface area contributed by atoms with Gasteiger partial charge in [0.25, 0.3) is 0 Å². The van der Waals surface area contributed by atoms with E-state index in [1.807, 2.05) is 0 Å². The molecule has 144 valence electrons. The monoisotopic (exact) mass is 518 g/mol. The molecule has 0 spiro atoms. The van der Waals surface area contributed by atoms with Crippen molar-refractivity contribution < 1.29 is 13.6 Å². The summed E-state index contributed by atoms with van der Waals surface area (Å²) in [4.78, 5) is 26.2. The average molecular weight is 520 g/mol. The molecule has 5 rings (SSSR count). The molecule has 0 bridgehead atoms. The molecule has 5 nitrogen and oxygen atoms in total. The predicted molar refractivity (Wildman–Crippen MR) is 113 cm³/mol. The molecule has 0 aliphatic carbocycles. The smallest absolute Gasteiger partial charge is 0.230 e. The molecule has 0 saturated heterocycles. The Hall–Kier alpha value is -2.78. The lowest BCUT2D eigenvalue weighted by molar-refractivity contribution is 0.103. The van der Waals surface area contributed by atoms with Gasteiger partial charge in [0.05, 0.1) is 20.2 Å². The maximum atomic E-state index is 14.0. The van der Waals surface area contributed by atoms with Crippen molar-refractivity contribution in [3.8, 4) is 11.3 Å². The summed E-state index contributed by atoms with van der Waals surface area (Å²) < 4.78 is 28.6. The van der Waals surface area contributed by atoms with Gasteiger partial charge in [-0.2, -0.15) is 0 Å². The number of aromatic amines is 3. The molecule has 3 N–H and O–H groups in total. The predicted octanol–water partition coefficient (Wildman–Crippen LogP) is 6.07. The fourth-order valence-electron chi connectivity index (χ4n) is 3.34. The quantitative estimate of drug-likeness (QED) is 0.253. The number of nitrogens with zero attached hydrogens (tertiary/aromatic N) is 1. The first-order valence-corrected chi connectivity index (χ1v) is 10.0. The summed E-state index contributed by atoms with van der Waals surface area (Å²) in [6, 6.07) is 5.92. The third-order valence-electron chi connectivity index (χ3n) is 4.76. The molecule has 0 amide bonds. The zero-order valence-corrected chi connectivity index (χ0v) is 17.6. The number of fused-ring (bicyclic) bond motifs is 2. The first-order valence-electron chi connectivity index (χ1n) is 8.45. The number of H-pyrrole nitrogens is 3. The van der Waals surface area contributed by atoms with E-state index in [1.54, 1.807) is 24.5 Å². The molecular weight excluding hydrogens is 510 g/mol. The number of aromatic nitrogens is 4. The van der Waals surface area contributed by atoms with Crippen molar-refractivity contribution in [2.24, 2.45) is 0 Å². The van der Waals surface area contributed by atoms with Gasteiger partial charge in [-0.05, 0) is 56.1 Å². The summed E-state index contributed by atoms with van der Waals surface area (Å²) in [5.41, 5.74) is 2.83. The van der Waals surface area contributed by atoms with Gasteiger partial charge in [-0.15, -0.1) is 0 Å². The Morgan fingerprint density at radius 2 is 1.45 bits per heavy atom. The van der Waals surface area contributed by atoms with Crippen LogP contribution in [0.3, 0.4) is 0 Å². The molecule has 0 unspecified atom stereocenters. The topological polar surface area (TPSA) is 77.3 Å². The van der Waals surface area contributed by atoms with Gasteiger partial charge in [0, 0.05) is 46.0 Å². The van der Waals surface area contributed by atoms with Crippen LogP contribution in [0.5, 0.6) is 0 Å². The summed E-state index contributed by atoms with van der Waals surface area (Å²) in [6.45, 7) is 0. The minimum absolute atomic E-state index is 0.108. The molecule has 2 aromatic carbocycles. The van der Waals surface area contributed by atoms with E-state index in [0.29, 0.717) is 42.1 Å². The van der Waals surface area contributed by atoms with Crippen LogP contribution in [0, 0.1) is 11.6 Å². The second-order valence-electron chi connectivity index (χ2n) is 6.49. The molecular formula is C20H10Br2F2N4O. The van der Waals surface area contributed by atoms with E-state index < -0.39 is 11.6 Å². The van der Waals surface area contributed by atoms with E-state index in [0.717, 1.165) is 5.52 Å². The first kappa shape index (κ1) is 18.3. The highest BCUT2D eigenvalue weighted by Crippen LogP contribution is 2.32. The van der Waals surface area contributed by atoms with Gasteiger partial charge in [-0.1, -0.05) is 0 Å². The van der Waals surface area contributed by atoms with Crippen LogP contribution in [0.2, 0.25) is 0 Å². The van der Waals surface area contributed by atoms with Gasteiger partial charge in [-0.25, -0.2) is 13.8 Å². The molecule has 5 aromatic rings. The number of rotatable bonds is 3. The number of benzene rings is 2. The molecule has 0 atom stereocenters. The van der Waals surface area contributed by atoms with Gasteiger partial charge < -0.3 is 15.0 Å². The van der Waals surface area contributed by atoms with E-state index in [4.69, 9.17) is 0 Å². The van der Waals surface area contributed by atoms with Gasteiger partial charge >= 0.3 is 0 Å². The lowest BCUT2D eigenvalue weighted by Gasteiger charge is -1.99. The molecule has 0 aliphatic heterocycles. The van der Waals surface area contributed by atoms with Crippen LogP contribution in [0.15, 0.2) is 51.8 Å². The minimum Gasteiger partial charge on any atom is -0.360 e. The van der Waals surface area contributed by atoms with Crippen molar-refractivity contribution in [2.75, 3.05) is 0 Å². The Balaban J connectivity index is 1.56. The average Bonchev–Trinajstić information content (AvgIpc) is 3.41. The number of hydrogen-bond donors (Lipinski definition) is 3. The zero-order valence-electron chi connectivity index (χ0n) is 14.4. The summed E-state index contributed by atoms with van der Waals surface area (Å²) in [5, 5.41) is 1.11. The molecule has 0 radical (unpaired) electrons. The van der Waals surface area contributed by atoms with E-state index >= 15 is 0 Å². The van der Waals surface area contributed by atoms with E-state index in [2.05, 4.69) is 51.8 Å². The summed E-state index contributed by atoms with van der Waals surface area (Å²) in [5.74, 6) is -1.12. The Labute approximate surface area is 178 Å². The highest BCUT2D eigenvalue weighted by Gasteiger charge is 2.20. The number of ketones is 1. The van der Waals surface area contributed by atoms with E-state index in [1.165, 1.54) is 18.3 Å². The molecule has 29 heavy (non-hydrogen) atoms. The molecule has 0 saturated carbocycles. The molecule has 3 heterocycles. The van der Waals surface area contributed by atoms with E-state index in [9.17, 15) is 13.6 Å². The number of halogens is 4. The number of imidazole rings is 1. The largest absolute Gasteiger partial charge is 0.360 e. The second-order valence-corrected chi connectivity index (χ2v) is 8.20. The van der Waals surface area contributed by atoms with Crippen LogP contribution in [0.25, 0.3) is 33.1 Å². The summed E-state index contributed by atoms with van der Waals surface area (Å²) in [6.07, 6.45) is 4.82. The number of carbonyl (C=O) groups is 1. The molecule has 3 aromatic heterocycles. The van der Waals surface area contributed by atoms with Crippen LogP contribution in [-0.4, -0.2) is 25.7 Å². The van der Waals surface area contributed by atoms with Crippen molar-refractivity contribution in [1.29, 1.82) is 0 Å². The Kier molecular flexibility index (Phi) is 4.18. The van der Waals surface area contributed by atoms with Crippen molar-refractivity contribution in [1.82, 2.24) is 19.9 Å². The lowest BCUT2D eigenvalue weighted by Crippen LogP contribution is -2.03. The summed E-state index contributed by atoms with van der Waals surface area (Å²) >= 11 is 6.29. The fourth-order valence-corrected chi connectivity index (χ4v) is 4.02. The van der Waals surface area contributed by atoms with Gasteiger partial charge in [0.1, 0.15) is 11.6 Å². The second kappa shape index (κ2) is 6.64. The lowest BCUT2D eigenvalue weighted by atomic mass is 10.1. The van der Waals surface area contributed by atoms with Crippen molar-refractivity contribution in [2.45, 2.75) is 0 Å². The highest BCUT2D eigenvalue weighted by molar-refractivity contribution is 9.10. The van der Waals surface area contributed by atoms with Gasteiger partial charge in [0.15, 0.2) is 5.82 Å². The van der Waals surface area contributed by atoms with Crippen LogP contribution < -0.4 is 0 Å². The summed E-state index contributed by atoms with van der Waals surface area (Å²) in [7, 11) is 0. The molecule has 9 heteroatoms. The third kappa shape index (κ3) is 2.92. The van der Waals surface area contributed by atoms with Crippen molar-refractivity contribution in [3.63, 3.8) is 0 Å². The Bertz CT molecular complexity index is 1430. The van der Waals surface area contributed by atoms with Crippen LogP contribution in [0.1, 0.15) is 16.2 Å². The number of carbonyl (C=O) groups excluding carboxylic acids is 1. The van der Waals surface area contributed by atoms with Crippen LogP contribution >= 0.6 is 31.9 Å².